The molecule has 2 radical (unpaired) electrons. The van der Waals surface area contributed by atoms with Crippen LogP contribution in [0.3, 0.4) is 0 Å². The number of aromatic nitrogens is 1. The first kappa shape index (κ1) is 22.5. The molecule has 2 nitrogen and oxygen atoms in total. The van der Waals surface area contributed by atoms with E-state index in [2.05, 4.69) is 4.98 Å². The van der Waals surface area contributed by atoms with Crippen molar-refractivity contribution >= 4 is 13.3 Å². The van der Waals surface area contributed by atoms with Crippen molar-refractivity contribution in [2.24, 2.45) is 0 Å². The quantitative estimate of drug-likeness (QED) is 0.696. The summed E-state index contributed by atoms with van der Waals surface area (Å²) in [5.41, 5.74) is 2.43. The molecule has 2 aromatic rings. The molecule has 0 saturated heterocycles. The van der Waals surface area contributed by atoms with Gasteiger partial charge in [0.2, 0.25) is 5.88 Å². The first-order valence-corrected chi connectivity index (χ1v) is 8.13. The fourth-order valence-corrected chi connectivity index (χ4v) is 1.43. The lowest BCUT2D eigenvalue weighted by molar-refractivity contribution is 0.458. The topological polar surface area (TPSA) is 22.1 Å². The summed E-state index contributed by atoms with van der Waals surface area (Å²) in [5, 5.41) is 0. The van der Waals surface area contributed by atoms with Crippen LogP contribution in [0.1, 0.15) is 52.8 Å². The van der Waals surface area contributed by atoms with Crippen molar-refractivity contribution in [2.45, 2.75) is 55.4 Å². The van der Waals surface area contributed by atoms with Gasteiger partial charge in [-0.2, -0.15) is 0 Å². The largest absolute Gasteiger partial charge is 0.439 e. The second-order valence-electron chi connectivity index (χ2n) is 3.70. The van der Waals surface area contributed by atoms with Crippen molar-refractivity contribution in [1.82, 2.24) is 4.98 Å². The van der Waals surface area contributed by atoms with E-state index in [0.29, 0.717) is 11.3 Å². The van der Waals surface area contributed by atoms with E-state index in [4.69, 9.17) is 12.6 Å². The molecule has 0 fully saturated rings. The number of para-hydroxylation sites is 1. The van der Waals surface area contributed by atoms with Gasteiger partial charge in [-0.05, 0) is 32.0 Å². The van der Waals surface area contributed by atoms with Crippen LogP contribution in [-0.4, -0.2) is 12.8 Å². The van der Waals surface area contributed by atoms with Gasteiger partial charge in [-0.15, -0.1) is 0 Å². The monoisotopic (exact) mass is 299 g/mol. The third-order valence-electron chi connectivity index (χ3n) is 2.35. The van der Waals surface area contributed by atoms with E-state index in [9.17, 15) is 0 Å². The maximum atomic E-state index is 5.86. The molecule has 0 saturated carbocycles. The minimum Gasteiger partial charge on any atom is -0.439 e. The summed E-state index contributed by atoms with van der Waals surface area (Å²) in [4.78, 5) is 4.33. The van der Waals surface area contributed by atoms with E-state index < -0.39 is 0 Å². The normalized spacial score (nSPS) is 8.18. The maximum Gasteiger partial charge on any atom is 0.221 e. The van der Waals surface area contributed by atoms with Gasteiger partial charge in [-0.1, -0.05) is 65.2 Å². The lowest BCUT2D eigenvalue weighted by atomic mass is 9.92. The summed E-state index contributed by atoms with van der Waals surface area (Å²) >= 11 is 0. The molecule has 1 aromatic carbocycles. The molecule has 0 aliphatic rings. The minimum atomic E-state index is 0.573. The predicted octanol–water partition coefficient (Wildman–Crippen LogP) is 5.36. The molecule has 1 heterocycles. The standard InChI is InChI=1S/C13H12BNO.3C2H6/c1-9-8-12(14)10(2)13(15-9)16-11-6-4-3-5-7-11;3*1-2/h3-8H,1-2H3;3*1-2H3. The van der Waals surface area contributed by atoms with Gasteiger partial charge < -0.3 is 4.74 Å². The van der Waals surface area contributed by atoms with Crippen molar-refractivity contribution in [3.63, 3.8) is 0 Å². The molecular formula is C19H30BNO. The molecule has 0 spiro atoms. The molecule has 0 aliphatic heterocycles. The van der Waals surface area contributed by atoms with E-state index >= 15 is 0 Å². The molecule has 1 aromatic heterocycles. The van der Waals surface area contributed by atoms with Crippen LogP contribution in [0.2, 0.25) is 0 Å². The summed E-state index contributed by atoms with van der Waals surface area (Å²) in [6.45, 7) is 15.8. The van der Waals surface area contributed by atoms with Crippen LogP contribution in [0.4, 0.5) is 0 Å². The van der Waals surface area contributed by atoms with Crippen LogP contribution < -0.4 is 10.2 Å². The first-order chi connectivity index (χ1) is 10.7. The number of hydrogen-bond acceptors (Lipinski definition) is 2. The van der Waals surface area contributed by atoms with E-state index in [1.807, 2.05) is 91.8 Å². The van der Waals surface area contributed by atoms with Crippen LogP contribution in [0.5, 0.6) is 11.6 Å². The molecule has 0 aliphatic carbocycles. The van der Waals surface area contributed by atoms with Crippen LogP contribution in [0.25, 0.3) is 0 Å². The highest BCUT2D eigenvalue weighted by molar-refractivity contribution is 6.33. The van der Waals surface area contributed by atoms with Crippen molar-refractivity contribution in [2.75, 3.05) is 0 Å². The lowest BCUT2D eigenvalue weighted by Crippen LogP contribution is -2.11. The lowest BCUT2D eigenvalue weighted by Gasteiger charge is -2.10. The van der Waals surface area contributed by atoms with Gasteiger partial charge in [-0.25, -0.2) is 4.98 Å². The summed E-state index contributed by atoms with van der Waals surface area (Å²) in [7, 11) is 5.86. The van der Waals surface area contributed by atoms with Crippen molar-refractivity contribution in [1.29, 1.82) is 0 Å². The third-order valence-corrected chi connectivity index (χ3v) is 2.35. The van der Waals surface area contributed by atoms with E-state index in [1.165, 1.54) is 0 Å². The Labute approximate surface area is 138 Å². The number of nitrogens with zero attached hydrogens (tertiary/aromatic N) is 1. The zero-order chi connectivity index (χ0) is 17.5. The van der Waals surface area contributed by atoms with Gasteiger partial charge in [0, 0.05) is 11.3 Å². The number of aryl methyl sites for hydroxylation is 1. The van der Waals surface area contributed by atoms with Crippen molar-refractivity contribution < 1.29 is 4.74 Å². The Bertz CT molecular complexity index is 498. The Morgan fingerprint density at radius 2 is 1.36 bits per heavy atom. The van der Waals surface area contributed by atoms with Gasteiger partial charge in [0.1, 0.15) is 13.6 Å². The molecule has 120 valence electrons. The SMILES string of the molecule is CC.CC.CC.[B]c1cc(C)nc(Oc2ccccc2)c1C. The molecule has 3 heteroatoms. The first-order valence-electron chi connectivity index (χ1n) is 8.13. The van der Waals surface area contributed by atoms with E-state index in [0.717, 1.165) is 17.0 Å². The molecule has 0 atom stereocenters. The Hall–Kier alpha value is -1.77. The Morgan fingerprint density at radius 3 is 1.86 bits per heavy atom. The minimum absolute atomic E-state index is 0.573. The second kappa shape index (κ2) is 14.2. The summed E-state index contributed by atoms with van der Waals surface area (Å²) < 4.78 is 5.68. The summed E-state index contributed by atoms with van der Waals surface area (Å²) in [5.74, 6) is 1.34. The molecule has 0 unspecified atom stereocenters. The number of rotatable bonds is 2. The molecule has 0 amide bonds. The summed E-state index contributed by atoms with van der Waals surface area (Å²) in [6, 6.07) is 11.4. The molecule has 2 rings (SSSR count). The van der Waals surface area contributed by atoms with E-state index in [1.54, 1.807) is 0 Å². The molecule has 22 heavy (non-hydrogen) atoms. The van der Waals surface area contributed by atoms with Crippen LogP contribution in [0, 0.1) is 13.8 Å². The number of benzene rings is 1. The van der Waals surface area contributed by atoms with Crippen molar-refractivity contribution in [3.05, 3.63) is 47.7 Å². The van der Waals surface area contributed by atoms with Crippen molar-refractivity contribution in [3.8, 4) is 11.6 Å². The van der Waals surface area contributed by atoms with Crippen LogP contribution in [-0.2, 0) is 0 Å². The van der Waals surface area contributed by atoms with Gasteiger partial charge in [0.15, 0.2) is 0 Å². The van der Waals surface area contributed by atoms with Gasteiger partial charge in [0.25, 0.3) is 0 Å². The van der Waals surface area contributed by atoms with Gasteiger partial charge in [0.05, 0.1) is 0 Å². The predicted molar refractivity (Wildman–Crippen MR) is 99.7 cm³/mol. The zero-order valence-corrected chi connectivity index (χ0v) is 15.4. The highest BCUT2D eigenvalue weighted by atomic mass is 16.5. The second-order valence-corrected chi connectivity index (χ2v) is 3.70. The molecule has 0 N–H and O–H groups in total. The summed E-state index contributed by atoms with van der Waals surface area (Å²) in [6.07, 6.45) is 0. The highest BCUT2D eigenvalue weighted by Crippen LogP contribution is 2.21. The fraction of sp³-hybridized carbons (Fsp3) is 0.421. The van der Waals surface area contributed by atoms with E-state index in [-0.39, 0.29) is 0 Å². The number of hydrogen-bond donors (Lipinski definition) is 0. The maximum absolute atomic E-state index is 5.86. The molecule has 0 bridgehead atoms. The Balaban J connectivity index is 0. The highest BCUT2D eigenvalue weighted by Gasteiger charge is 2.06. The third kappa shape index (κ3) is 7.87. The number of pyridine rings is 1. The fourth-order valence-electron chi connectivity index (χ4n) is 1.43. The Morgan fingerprint density at radius 1 is 0.864 bits per heavy atom. The average Bonchev–Trinajstić information content (AvgIpc) is 2.59. The van der Waals surface area contributed by atoms with Gasteiger partial charge >= 0.3 is 0 Å². The zero-order valence-electron chi connectivity index (χ0n) is 15.4. The molecular weight excluding hydrogens is 269 g/mol. The van der Waals surface area contributed by atoms with Crippen LogP contribution in [0.15, 0.2) is 36.4 Å². The van der Waals surface area contributed by atoms with Crippen LogP contribution >= 0.6 is 0 Å². The average molecular weight is 299 g/mol. The number of ether oxygens (including phenoxy) is 1. The Kier molecular flexibility index (Phi) is 14.5. The van der Waals surface area contributed by atoms with Gasteiger partial charge in [-0.3, -0.25) is 0 Å². The smallest absolute Gasteiger partial charge is 0.221 e.